The molecule has 2 N–H and O–H groups in total. The van der Waals surface area contributed by atoms with Gasteiger partial charge in [0.2, 0.25) is 0 Å². The Labute approximate surface area is 182 Å². The number of carbonyl (C=O) groups is 3. The minimum atomic E-state index is -0.969. The van der Waals surface area contributed by atoms with Crippen LogP contribution in [0.25, 0.3) is 5.65 Å². The van der Waals surface area contributed by atoms with Crippen LogP contribution in [-0.4, -0.2) is 44.0 Å². The summed E-state index contributed by atoms with van der Waals surface area (Å²) < 4.78 is 1.54. The minimum Gasteiger partial charge on any atom is -0.349 e. The molecule has 31 heavy (non-hydrogen) atoms. The molecule has 5 rings (SSSR count). The van der Waals surface area contributed by atoms with Gasteiger partial charge >= 0.3 is 6.03 Å². The molecule has 0 radical (unpaired) electrons. The summed E-state index contributed by atoms with van der Waals surface area (Å²) in [6.07, 6.45) is 6.79. The molecule has 9 nitrogen and oxygen atoms in total. The third kappa shape index (κ3) is 3.21. The molecule has 1 saturated heterocycles. The molecule has 1 aliphatic heterocycles. The van der Waals surface area contributed by atoms with E-state index in [0.29, 0.717) is 47.6 Å². The molecule has 2 fully saturated rings. The number of carbonyl (C=O) groups excluding carboxylic acids is 3. The molecule has 10 heteroatoms. The van der Waals surface area contributed by atoms with Crippen molar-refractivity contribution in [3.8, 4) is 0 Å². The summed E-state index contributed by atoms with van der Waals surface area (Å²) in [6.45, 7) is 0. The second kappa shape index (κ2) is 7.35. The highest BCUT2D eigenvalue weighted by atomic mass is 35.5. The number of para-hydroxylation sites is 1. The predicted molar refractivity (Wildman–Crippen MR) is 113 cm³/mol. The largest absolute Gasteiger partial charge is 0.349 e. The number of halogens is 1. The van der Waals surface area contributed by atoms with E-state index < -0.39 is 11.6 Å². The first-order chi connectivity index (χ1) is 15.0. The van der Waals surface area contributed by atoms with Gasteiger partial charge in [0.05, 0.1) is 16.9 Å². The maximum Gasteiger partial charge on any atom is 0.329 e. The maximum atomic E-state index is 13.2. The summed E-state index contributed by atoms with van der Waals surface area (Å²) in [6, 6.07) is 7.91. The van der Waals surface area contributed by atoms with Crippen LogP contribution in [-0.2, 0) is 4.79 Å². The van der Waals surface area contributed by atoms with Crippen LogP contribution in [0.3, 0.4) is 0 Å². The lowest BCUT2D eigenvalue weighted by Crippen LogP contribution is -2.52. The average molecular weight is 439 g/mol. The van der Waals surface area contributed by atoms with Crippen LogP contribution in [0.5, 0.6) is 0 Å². The first kappa shape index (κ1) is 19.5. The number of anilines is 1. The van der Waals surface area contributed by atoms with Crippen molar-refractivity contribution in [2.24, 2.45) is 0 Å². The zero-order valence-electron chi connectivity index (χ0n) is 16.4. The fourth-order valence-corrected chi connectivity index (χ4v) is 4.54. The van der Waals surface area contributed by atoms with E-state index in [-0.39, 0.29) is 17.9 Å². The van der Waals surface area contributed by atoms with Crippen LogP contribution in [0.1, 0.15) is 36.0 Å². The van der Waals surface area contributed by atoms with Crippen molar-refractivity contribution in [3.63, 3.8) is 0 Å². The van der Waals surface area contributed by atoms with E-state index >= 15 is 0 Å². The van der Waals surface area contributed by atoms with Crippen LogP contribution < -0.4 is 15.5 Å². The summed E-state index contributed by atoms with van der Waals surface area (Å²) >= 11 is 6.20. The normalized spacial score (nSPS) is 23.4. The molecule has 0 bridgehead atoms. The highest BCUT2D eigenvalue weighted by Crippen LogP contribution is 2.38. The Hall–Kier alpha value is -3.46. The molecule has 158 valence electrons. The Morgan fingerprint density at radius 1 is 1.19 bits per heavy atom. The Morgan fingerprint density at radius 2 is 1.97 bits per heavy atom. The number of fused-ring (bicyclic) bond motifs is 1. The lowest BCUT2D eigenvalue weighted by atomic mass is 9.79. The van der Waals surface area contributed by atoms with E-state index in [1.165, 1.54) is 6.20 Å². The van der Waals surface area contributed by atoms with E-state index in [2.05, 4.69) is 20.7 Å². The van der Waals surface area contributed by atoms with E-state index in [9.17, 15) is 14.4 Å². The van der Waals surface area contributed by atoms with Crippen LogP contribution in [0.4, 0.5) is 10.5 Å². The number of amides is 4. The lowest BCUT2D eigenvalue weighted by Gasteiger charge is -2.35. The fourth-order valence-electron chi connectivity index (χ4n) is 4.32. The van der Waals surface area contributed by atoms with Gasteiger partial charge in [-0.3, -0.25) is 9.59 Å². The number of hydrogen-bond acceptors (Lipinski definition) is 5. The second-order valence-corrected chi connectivity index (χ2v) is 8.21. The number of aromatic nitrogens is 3. The average Bonchev–Trinajstić information content (AvgIpc) is 3.30. The van der Waals surface area contributed by atoms with Gasteiger partial charge in [0.15, 0.2) is 5.65 Å². The third-order valence-corrected chi connectivity index (χ3v) is 6.27. The summed E-state index contributed by atoms with van der Waals surface area (Å²) in [4.78, 5) is 43.8. The number of rotatable bonds is 3. The fraction of sp³-hybridized carbons (Fsp3) is 0.286. The number of hydrogen-bond donors (Lipinski definition) is 2. The number of urea groups is 1. The lowest BCUT2D eigenvalue weighted by molar-refractivity contribution is -0.123. The number of nitrogens with one attached hydrogen (secondary N) is 2. The van der Waals surface area contributed by atoms with Crippen LogP contribution >= 0.6 is 11.6 Å². The molecular weight excluding hydrogens is 420 g/mol. The van der Waals surface area contributed by atoms with Crippen LogP contribution in [0.15, 0.2) is 48.9 Å². The zero-order chi connectivity index (χ0) is 21.6. The molecule has 2 aromatic heterocycles. The van der Waals surface area contributed by atoms with Crippen molar-refractivity contribution in [3.05, 3.63) is 59.5 Å². The zero-order valence-corrected chi connectivity index (χ0v) is 17.2. The minimum absolute atomic E-state index is 0.115. The molecule has 3 aromatic rings. The molecule has 1 aliphatic carbocycles. The first-order valence-electron chi connectivity index (χ1n) is 9.99. The van der Waals surface area contributed by atoms with Gasteiger partial charge in [-0.25, -0.2) is 19.2 Å². The Bertz CT molecular complexity index is 1200. The number of nitrogens with zero attached hydrogens (tertiary/aromatic N) is 4. The van der Waals surface area contributed by atoms with Crippen molar-refractivity contribution in [2.75, 3.05) is 4.90 Å². The standard InChI is InChI=1S/C21H19ClN6O3/c22-15-4-1-2-5-16(15)28-19(30)21(26-20(28)31)8-6-13(7-9-21)25-18(29)14-12-24-27-11-3-10-23-17(14)27/h1-5,10-13H,6-9H2,(H,25,29)(H,26,31). The monoisotopic (exact) mass is 438 g/mol. The van der Waals surface area contributed by atoms with E-state index in [1.807, 2.05) is 0 Å². The summed E-state index contributed by atoms with van der Waals surface area (Å²) in [5.41, 5.74) is 0.292. The van der Waals surface area contributed by atoms with Crippen molar-refractivity contribution in [1.29, 1.82) is 0 Å². The molecule has 4 amide bonds. The molecule has 1 saturated carbocycles. The van der Waals surface area contributed by atoms with Gasteiger partial charge in [-0.2, -0.15) is 5.10 Å². The second-order valence-electron chi connectivity index (χ2n) is 7.80. The van der Waals surface area contributed by atoms with Gasteiger partial charge in [0, 0.05) is 18.4 Å². The predicted octanol–water partition coefficient (Wildman–Crippen LogP) is 2.55. The van der Waals surface area contributed by atoms with Crippen molar-refractivity contribution in [2.45, 2.75) is 37.3 Å². The Balaban J connectivity index is 1.28. The van der Waals surface area contributed by atoms with E-state index in [0.717, 1.165) is 4.90 Å². The van der Waals surface area contributed by atoms with Gasteiger partial charge in [0.25, 0.3) is 11.8 Å². The van der Waals surface area contributed by atoms with Gasteiger partial charge in [-0.1, -0.05) is 23.7 Å². The van der Waals surface area contributed by atoms with Crippen molar-refractivity contribution in [1.82, 2.24) is 25.2 Å². The van der Waals surface area contributed by atoms with Gasteiger partial charge in [-0.15, -0.1) is 0 Å². The molecule has 0 atom stereocenters. The maximum absolute atomic E-state index is 13.2. The van der Waals surface area contributed by atoms with Crippen LogP contribution in [0, 0.1) is 0 Å². The highest BCUT2D eigenvalue weighted by Gasteiger charge is 2.53. The Kier molecular flexibility index (Phi) is 4.62. The van der Waals surface area contributed by atoms with Gasteiger partial charge < -0.3 is 10.6 Å². The molecule has 0 unspecified atom stereocenters. The summed E-state index contributed by atoms with van der Waals surface area (Å²) in [5, 5.41) is 10.3. The molecule has 1 spiro atoms. The van der Waals surface area contributed by atoms with Crippen LogP contribution in [0.2, 0.25) is 5.02 Å². The Morgan fingerprint density at radius 3 is 2.74 bits per heavy atom. The molecule has 1 aromatic carbocycles. The molecule has 2 aliphatic rings. The summed E-state index contributed by atoms with van der Waals surface area (Å²) in [5.74, 6) is -0.559. The summed E-state index contributed by atoms with van der Waals surface area (Å²) in [7, 11) is 0. The van der Waals surface area contributed by atoms with Crippen molar-refractivity contribution >= 4 is 40.8 Å². The van der Waals surface area contributed by atoms with E-state index in [4.69, 9.17) is 11.6 Å². The molecule has 3 heterocycles. The number of imide groups is 1. The topological polar surface area (TPSA) is 109 Å². The third-order valence-electron chi connectivity index (χ3n) is 5.95. The highest BCUT2D eigenvalue weighted by molar-refractivity contribution is 6.36. The van der Waals surface area contributed by atoms with Crippen molar-refractivity contribution < 1.29 is 14.4 Å². The molecular formula is C21H19ClN6O3. The quantitative estimate of drug-likeness (QED) is 0.611. The van der Waals surface area contributed by atoms with E-state index in [1.54, 1.807) is 47.2 Å². The number of benzene rings is 1. The SMILES string of the molecule is O=C(NC1CCC2(CC1)NC(=O)N(c1ccccc1Cl)C2=O)c1cnn2cccnc12. The smallest absolute Gasteiger partial charge is 0.329 e. The van der Waals surface area contributed by atoms with Gasteiger partial charge in [-0.05, 0) is 43.9 Å². The first-order valence-corrected chi connectivity index (χ1v) is 10.4. The van der Waals surface area contributed by atoms with Gasteiger partial charge in [0.1, 0.15) is 11.1 Å².